The Bertz CT molecular complexity index is 1190. The van der Waals surface area contributed by atoms with Gasteiger partial charge in [-0.3, -0.25) is 0 Å². The summed E-state index contributed by atoms with van der Waals surface area (Å²) in [7, 11) is 0. The SMILES string of the molecule is Cc1cccc(C(CCNC2CCC(N)CC2)c2cn(CC3CCOCC3)c3ccc(C#N)cc23)c1. The summed E-state index contributed by atoms with van der Waals surface area (Å²) in [5.74, 6) is 0.908. The molecule has 0 bridgehead atoms. The van der Waals surface area contributed by atoms with Crippen LogP contribution in [-0.4, -0.2) is 36.4 Å². The van der Waals surface area contributed by atoms with Crippen molar-refractivity contribution in [3.05, 3.63) is 70.9 Å². The molecule has 5 heteroatoms. The van der Waals surface area contributed by atoms with Gasteiger partial charge in [-0.05, 0) is 93.7 Å². The van der Waals surface area contributed by atoms with Gasteiger partial charge in [-0.15, -0.1) is 0 Å². The van der Waals surface area contributed by atoms with Crippen LogP contribution in [0.3, 0.4) is 0 Å². The van der Waals surface area contributed by atoms with E-state index in [4.69, 9.17) is 10.5 Å². The Morgan fingerprint density at radius 1 is 1.08 bits per heavy atom. The molecular weight excluding hydrogens is 444 g/mol. The summed E-state index contributed by atoms with van der Waals surface area (Å²) in [6.45, 7) is 5.88. The zero-order chi connectivity index (χ0) is 24.9. The summed E-state index contributed by atoms with van der Waals surface area (Å²) >= 11 is 0. The predicted molar refractivity (Wildman–Crippen MR) is 146 cm³/mol. The molecule has 1 aliphatic carbocycles. The van der Waals surface area contributed by atoms with Crippen LogP contribution in [0.5, 0.6) is 0 Å². The van der Waals surface area contributed by atoms with Crippen LogP contribution in [0.1, 0.15) is 73.1 Å². The summed E-state index contributed by atoms with van der Waals surface area (Å²) in [6.07, 6.45) is 10.2. The molecule has 1 saturated carbocycles. The van der Waals surface area contributed by atoms with Crippen LogP contribution in [0, 0.1) is 24.2 Å². The quantitative estimate of drug-likeness (QED) is 0.434. The molecule has 5 nitrogen and oxygen atoms in total. The fourth-order valence-electron chi connectivity index (χ4n) is 6.17. The lowest BCUT2D eigenvalue weighted by atomic mass is 9.86. The zero-order valence-corrected chi connectivity index (χ0v) is 21.6. The third-order valence-corrected chi connectivity index (χ3v) is 8.29. The molecule has 2 aliphatic rings. The second-order valence-electron chi connectivity index (χ2n) is 11.0. The van der Waals surface area contributed by atoms with Crippen LogP contribution in [0.15, 0.2) is 48.7 Å². The van der Waals surface area contributed by atoms with Crippen molar-refractivity contribution in [2.45, 2.75) is 76.4 Å². The van der Waals surface area contributed by atoms with Gasteiger partial charge < -0.3 is 20.4 Å². The van der Waals surface area contributed by atoms with E-state index in [2.05, 4.69) is 65.5 Å². The van der Waals surface area contributed by atoms with Gasteiger partial charge >= 0.3 is 0 Å². The monoisotopic (exact) mass is 484 g/mol. The van der Waals surface area contributed by atoms with Gasteiger partial charge in [0.15, 0.2) is 0 Å². The minimum Gasteiger partial charge on any atom is -0.381 e. The lowest BCUT2D eigenvalue weighted by Crippen LogP contribution is -2.38. The van der Waals surface area contributed by atoms with E-state index >= 15 is 0 Å². The van der Waals surface area contributed by atoms with Gasteiger partial charge in [0.2, 0.25) is 0 Å². The summed E-state index contributed by atoms with van der Waals surface area (Å²) in [5.41, 5.74) is 12.1. The van der Waals surface area contributed by atoms with Crippen LogP contribution in [0.4, 0.5) is 0 Å². The maximum absolute atomic E-state index is 9.66. The molecule has 5 rings (SSSR count). The number of ether oxygens (including phenoxy) is 1. The molecule has 2 aromatic carbocycles. The molecular formula is C31H40N4O. The summed E-state index contributed by atoms with van der Waals surface area (Å²) in [5, 5.41) is 14.7. The van der Waals surface area contributed by atoms with Gasteiger partial charge in [0, 0.05) is 54.9 Å². The first kappa shape index (κ1) is 25.0. The van der Waals surface area contributed by atoms with Crippen molar-refractivity contribution < 1.29 is 4.74 Å². The Labute approximate surface area is 215 Å². The van der Waals surface area contributed by atoms with Gasteiger partial charge in [-0.2, -0.15) is 5.26 Å². The Morgan fingerprint density at radius 3 is 2.64 bits per heavy atom. The van der Waals surface area contributed by atoms with Crippen LogP contribution in [0.2, 0.25) is 0 Å². The highest BCUT2D eigenvalue weighted by Crippen LogP contribution is 2.36. The number of nitrogens with two attached hydrogens (primary N) is 1. The average Bonchev–Trinajstić information content (AvgIpc) is 3.25. The average molecular weight is 485 g/mol. The Morgan fingerprint density at radius 2 is 1.89 bits per heavy atom. The molecule has 0 spiro atoms. The van der Waals surface area contributed by atoms with E-state index in [1.54, 1.807) is 0 Å². The van der Waals surface area contributed by atoms with Crippen LogP contribution in [0.25, 0.3) is 10.9 Å². The summed E-state index contributed by atoms with van der Waals surface area (Å²) in [6, 6.07) is 18.5. The largest absolute Gasteiger partial charge is 0.381 e. The molecule has 0 radical (unpaired) electrons. The predicted octanol–water partition coefficient (Wildman–Crippen LogP) is 5.63. The lowest BCUT2D eigenvalue weighted by Gasteiger charge is -2.28. The van der Waals surface area contributed by atoms with Crippen molar-refractivity contribution in [1.82, 2.24) is 9.88 Å². The van der Waals surface area contributed by atoms with Crippen LogP contribution < -0.4 is 11.1 Å². The third kappa shape index (κ3) is 5.83. The summed E-state index contributed by atoms with van der Waals surface area (Å²) < 4.78 is 8.05. The number of nitrogens with one attached hydrogen (secondary N) is 1. The van der Waals surface area contributed by atoms with E-state index in [0.717, 1.165) is 64.0 Å². The van der Waals surface area contributed by atoms with E-state index in [0.29, 0.717) is 18.0 Å². The standard InChI is InChI=1S/C31H40N4O/c1-22-3-2-4-25(17-22)28(11-14-34-27-8-6-26(33)7-9-27)30-21-35(20-23-12-15-36-16-13-23)31-10-5-24(19-32)18-29(30)31/h2-5,10,17-18,21,23,26-28,34H,6-9,11-16,20,33H2,1H3. The molecule has 1 atom stereocenters. The number of nitrogens with zero attached hydrogens (tertiary/aromatic N) is 2. The highest BCUT2D eigenvalue weighted by Gasteiger charge is 2.24. The number of aryl methyl sites for hydroxylation is 1. The van der Waals surface area contributed by atoms with Gasteiger partial charge in [0.25, 0.3) is 0 Å². The fourth-order valence-corrected chi connectivity index (χ4v) is 6.17. The molecule has 3 aromatic rings. The Balaban J connectivity index is 1.46. The second-order valence-corrected chi connectivity index (χ2v) is 11.0. The normalized spacial score (nSPS) is 21.9. The molecule has 1 aliphatic heterocycles. The van der Waals surface area contributed by atoms with E-state index in [-0.39, 0.29) is 5.92 Å². The maximum atomic E-state index is 9.66. The van der Waals surface area contributed by atoms with E-state index in [1.807, 2.05) is 6.07 Å². The molecule has 0 amide bonds. The number of hydrogen-bond donors (Lipinski definition) is 2. The molecule has 2 heterocycles. The van der Waals surface area contributed by atoms with Crippen LogP contribution in [-0.2, 0) is 11.3 Å². The maximum Gasteiger partial charge on any atom is 0.0991 e. The third-order valence-electron chi connectivity index (χ3n) is 8.29. The van der Waals surface area contributed by atoms with Crippen molar-refractivity contribution >= 4 is 10.9 Å². The highest BCUT2D eigenvalue weighted by atomic mass is 16.5. The number of fused-ring (bicyclic) bond motifs is 1. The van der Waals surface area contributed by atoms with Crippen molar-refractivity contribution in [3.8, 4) is 6.07 Å². The number of hydrogen-bond acceptors (Lipinski definition) is 4. The number of rotatable bonds is 8. The van der Waals surface area contributed by atoms with E-state index < -0.39 is 0 Å². The highest BCUT2D eigenvalue weighted by molar-refractivity contribution is 5.86. The van der Waals surface area contributed by atoms with Crippen LogP contribution >= 0.6 is 0 Å². The Hall–Kier alpha value is -2.65. The van der Waals surface area contributed by atoms with Crippen molar-refractivity contribution in [3.63, 3.8) is 0 Å². The first-order valence-corrected chi connectivity index (χ1v) is 13.8. The van der Waals surface area contributed by atoms with Gasteiger partial charge in [0.05, 0.1) is 11.6 Å². The minimum atomic E-state index is 0.274. The van der Waals surface area contributed by atoms with Gasteiger partial charge in [-0.25, -0.2) is 0 Å². The first-order chi connectivity index (χ1) is 17.6. The zero-order valence-electron chi connectivity index (χ0n) is 21.6. The molecule has 1 unspecified atom stereocenters. The second kappa shape index (κ2) is 11.6. The van der Waals surface area contributed by atoms with Crippen molar-refractivity contribution in [2.75, 3.05) is 19.8 Å². The lowest BCUT2D eigenvalue weighted by molar-refractivity contribution is 0.0616. The molecule has 3 N–H and O–H groups in total. The van der Waals surface area contributed by atoms with Crippen molar-refractivity contribution in [2.24, 2.45) is 11.7 Å². The van der Waals surface area contributed by atoms with E-state index in [9.17, 15) is 5.26 Å². The first-order valence-electron chi connectivity index (χ1n) is 13.8. The van der Waals surface area contributed by atoms with Gasteiger partial charge in [-0.1, -0.05) is 29.8 Å². The number of nitriles is 1. The number of benzene rings is 2. The van der Waals surface area contributed by atoms with E-state index in [1.165, 1.54) is 40.4 Å². The number of aromatic nitrogens is 1. The summed E-state index contributed by atoms with van der Waals surface area (Å²) in [4.78, 5) is 0. The van der Waals surface area contributed by atoms with Gasteiger partial charge in [0.1, 0.15) is 0 Å². The minimum absolute atomic E-state index is 0.274. The molecule has 1 aromatic heterocycles. The smallest absolute Gasteiger partial charge is 0.0991 e. The topological polar surface area (TPSA) is 76.0 Å². The Kier molecular flexibility index (Phi) is 8.06. The molecule has 1 saturated heterocycles. The molecule has 36 heavy (non-hydrogen) atoms. The van der Waals surface area contributed by atoms with Crippen molar-refractivity contribution in [1.29, 1.82) is 5.26 Å². The molecule has 190 valence electrons. The fraction of sp³-hybridized carbons (Fsp3) is 0.516. The molecule has 2 fully saturated rings.